The van der Waals surface area contributed by atoms with Gasteiger partial charge < -0.3 is 16.0 Å². The Balaban J connectivity index is 1.85. The largest absolute Gasteiger partial charge is 0.376 e. The molecule has 0 aliphatic heterocycles. The third-order valence-corrected chi connectivity index (χ3v) is 3.69. The van der Waals surface area contributed by atoms with E-state index < -0.39 is 0 Å². The van der Waals surface area contributed by atoms with Gasteiger partial charge in [0.05, 0.1) is 6.54 Å². The van der Waals surface area contributed by atoms with Gasteiger partial charge >= 0.3 is 0 Å². The number of hydrogen-bond donors (Lipinski definition) is 3. The molecule has 2 aromatic carbocycles. The maximum absolute atomic E-state index is 12.0. The van der Waals surface area contributed by atoms with Crippen molar-refractivity contribution in [3.8, 4) is 0 Å². The Morgan fingerprint density at radius 3 is 1.80 bits per heavy atom. The van der Waals surface area contributed by atoms with E-state index in [4.69, 9.17) is 0 Å². The molecule has 0 aliphatic rings. The maximum Gasteiger partial charge on any atom is 0.243 e. The van der Waals surface area contributed by atoms with Crippen molar-refractivity contribution in [2.75, 3.05) is 22.5 Å². The number of rotatable bonds is 5. The number of carbonyl (C=O) groups is 2. The topological polar surface area (TPSA) is 70.2 Å². The van der Waals surface area contributed by atoms with Crippen LogP contribution < -0.4 is 16.0 Å². The lowest BCUT2D eigenvalue weighted by molar-refractivity contribution is -0.115. The van der Waals surface area contributed by atoms with Gasteiger partial charge in [-0.25, -0.2) is 0 Å². The SMILES string of the molecule is CC(=O)Nc1ccc(NCC(=O)Nc2ccc(C(C)(C)C)cc2)cc1. The fourth-order valence-electron chi connectivity index (χ4n) is 2.32. The highest BCUT2D eigenvalue weighted by Crippen LogP contribution is 2.23. The van der Waals surface area contributed by atoms with E-state index in [0.717, 1.165) is 17.1 Å². The molecule has 0 radical (unpaired) electrons. The summed E-state index contributed by atoms with van der Waals surface area (Å²) in [7, 11) is 0. The molecule has 0 aromatic heterocycles. The number of carbonyl (C=O) groups excluding carboxylic acids is 2. The Morgan fingerprint density at radius 1 is 0.800 bits per heavy atom. The van der Waals surface area contributed by atoms with Gasteiger partial charge in [-0.3, -0.25) is 9.59 Å². The predicted octanol–water partition coefficient (Wildman–Crippen LogP) is 3.99. The van der Waals surface area contributed by atoms with Gasteiger partial charge in [0.15, 0.2) is 0 Å². The van der Waals surface area contributed by atoms with Gasteiger partial charge in [-0.1, -0.05) is 32.9 Å². The Bertz CT molecular complexity index is 729. The summed E-state index contributed by atoms with van der Waals surface area (Å²) in [5.74, 6) is -0.230. The van der Waals surface area contributed by atoms with Crippen LogP contribution >= 0.6 is 0 Å². The van der Waals surface area contributed by atoms with Crippen molar-refractivity contribution in [3.63, 3.8) is 0 Å². The molecule has 0 atom stereocenters. The van der Waals surface area contributed by atoms with E-state index in [0.29, 0.717) is 0 Å². The zero-order valence-electron chi connectivity index (χ0n) is 15.1. The van der Waals surface area contributed by atoms with Gasteiger partial charge in [0.25, 0.3) is 0 Å². The minimum Gasteiger partial charge on any atom is -0.376 e. The summed E-state index contributed by atoms with van der Waals surface area (Å²) in [4.78, 5) is 23.0. The minimum atomic E-state index is -0.116. The standard InChI is InChI=1S/C20H25N3O2/c1-14(24)22-17-11-9-16(10-12-17)21-13-19(25)23-18-7-5-15(6-8-18)20(2,3)4/h5-12,21H,13H2,1-4H3,(H,22,24)(H,23,25). The van der Waals surface area contributed by atoms with Gasteiger partial charge in [0.2, 0.25) is 11.8 Å². The first-order chi connectivity index (χ1) is 11.7. The number of benzene rings is 2. The van der Waals surface area contributed by atoms with Crippen molar-refractivity contribution < 1.29 is 9.59 Å². The van der Waals surface area contributed by atoms with Crippen LogP contribution in [-0.4, -0.2) is 18.4 Å². The smallest absolute Gasteiger partial charge is 0.243 e. The second kappa shape index (κ2) is 7.83. The quantitative estimate of drug-likeness (QED) is 0.771. The predicted molar refractivity (Wildman–Crippen MR) is 103 cm³/mol. The molecule has 0 bridgehead atoms. The first kappa shape index (κ1) is 18.5. The van der Waals surface area contributed by atoms with E-state index in [9.17, 15) is 9.59 Å². The molecular weight excluding hydrogens is 314 g/mol. The van der Waals surface area contributed by atoms with Crippen molar-refractivity contribution in [2.45, 2.75) is 33.1 Å². The normalized spacial score (nSPS) is 10.9. The van der Waals surface area contributed by atoms with Gasteiger partial charge in [0, 0.05) is 24.0 Å². The van der Waals surface area contributed by atoms with E-state index in [1.165, 1.54) is 12.5 Å². The molecule has 25 heavy (non-hydrogen) atoms. The van der Waals surface area contributed by atoms with E-state index in [1.54, 1.807) is 12.1 Å². The molecule has 2 aromatic rings. The summed E-state index contributed by atoms with van der Waals surface area (Å²) >= 11 is 0. The molecule has 132 valence electrons. The lowest BCUT2D eigenvalue weighted by Gasteiger charge is -2.19. The van der Waals surface area contributed by atoms with Crippen LogP contribution in [0.4, 0.5) is 17.1 Å². The molecular formula is C20H25N3O2. The van der Waals surface area contributed by atoms with Crippen LogP contribution in [0, 0.1) is 0 Å². The molecule has 2 rings (SSSR count). The fourth-order valence-corrected chi connectivity index (χ4v) is 2.32. The molecule has 5 nitrogen and oxygen atoms in total. The molecule has 0 aliphatic carbocycles. The van der Waals surface area contributed by atoms with Gasteiger partial charge in [-0.05, 0) is 47.4 Å². The van der Waals surface area contributed by atoms with E-state index in [-0.39, 0.29) is 23.8 Å². The van der Waals surface area contributed by atoms with Gasteiger partial charge in [0.1, 0.15) is 0 Å². The molecule has 2 amide bonds. The van der Waals surface area contributed by atoms with Crippen LogP contribution in [0.2, 0.25) is 0 Å². The Kier molecular flexibility index (Phi) is 5.80. The minimum absolute atomic E-state index is 0.0908. The summed E-state index contributed by atoms with van der Waals surface area (Å²) in [5, 5.41) is 8.62. The monoisotopic (exact) mass is 339 g/mol. The van der Waals surface area contributed by atoms with Crippen LogP contribution in [0.1, 0.15) is 33.3 Å². The average molecular weight is 339 g/mol. The Labute approximate surface area is 148 Å². The van der Waals surface area contributed by atoms with Crippen molar-refractivity contribution in [1.82, 2.24) is 0 Å². The second-order valence-corrected chi connectivity index (χ2v) is 6.99. The molecule has 0 saturated heterocycles. The summed E-state index contributed by atoms with van der Waals surface area (Å²) in [6.07, 6.45) is 0. The van der Waals surface area contributed by atoms with E-state index >= 15 is 0 Å². The van der Waals surface area contributed by atoms with Crippen LogP contribution in [0.15, 0.2) is 48.5 Å². The molecule has 0 spiro atoms. The molecule has 0 fully saturated rings. The number of nitrogens with one attached hydrogen (secondary N) is 3. The van der Waals surface area contributed by atoms with Crippen LogP contribution in [0.25, 0.3) is 0 Å². The van der Waals surface area contributed by atoms with E-state index in [1.807, 2.05) is 36.4 Å². The highest BCUT2D eigenvalue weighted by molar-refractivity contribution is 5.94. The van der Waals surface area contributed by atoms with Crippen LogP contribution in [0.5, 0.6) is 0 Å². The van der Waals surface area contributed by atoms with Gasteiger partial charge in [-0.2, -0.15) is 0 Å². The second-order valence-electron chi connectivity index (χ2n) is 6.99. The zero-order chi connectivity index (χ0) is 18.4. The third-order valence-electron chi connectivity index (χ3n) is 3.69. The number of hydrogen-bond acceptors (Lipinski definition) is 3. The molecule has 0 saturated carbocycles. The molecule has 3 N–H and O–H groups in total. The first-order valence-electron chi connectivity index (χ1n) is 8.26. The number of anilines is 3. The zero-order valence-corrected chi connectivity index (χ0v) is 15.1. The van der Waals surface area contributed by atoms with Crippen LogP contribution in [0.3, 0.4) is 0 Å². The fraction of sp³-hybridized carbons (Fsp3) is 0.300. The van der Waals surface area contributed by atoms with Crippen molar-refractivity contribution in [1.29, 1.82) is 0 Å². The van der Waals surface area contributed by atoms with Crippen LogP contribution in [-0.2, 0) is 15.0 Å². The van der Waals surface area contributed by atoms with Crippen molar-refractivity contribution in [2.24, 2.45) is 0 Å². The first-order valence-corrected chi connectivity index (χ1v) is 8.26. The highest BCUT2D eigenvalue weighted by Gasteiger charge is 2.13. The third kappa shape index (κ3) is 5.95. The van der Waals surface area contributed by atoms with Crippen molar-refractivity contribution >= 4 is 28.9 Å². The summed E-state index contributed by atoms with van der Waals surface area (Å²) in [6.45, 7) is 8.09. The van der Waals surface area contributed by atoms with Gasteiger partial charge in [-0.15, -0.1) is 0 Å². The summed E-state index contributed by atoms with van der Waals surface area (Å²) in [6, 6.07) is 15.1. The maximum atomic E-state index is 12.0. The highest BCUT2D eigenvalue weighted by atomic mass is 16.2. The molecule has 0 heterocycles. The Hall–Kier alpha value is -2.82. The Morgan fingerprint density at radius 2 is 1.28 bits per heavy atom. The molecule has 5 heteroatoms. The number of amides is 2. The summed E-state index contributed by atoms with van der Waals surface area (Å²) in [5.41, 5.74) is 3.63. The summed E-state index contributed by atoms with van der Waals surface area (Å²) < 4.78 is 0. The average Bonchev–Trinajstić information content (AvgIpc) is 2.53. The lowest BCUT2D eigenvalue weighted by atomic mass is 9.87. The van der Waals surface area contributed by atoms with Crippen molar-refractivity contribution in [3.05, 3.63) is 54.1 Å². The lowest BCUT2D eigenvalue weighted by Crippen LogP contribution is -2.21. The van der Waals surface area contributed by atoms with E-state index in [2.05, 4.69) is 36.7 Å². The molecule has 0 unspecified atom stereocenters.